The molecule has 7 heteroatoms. The minimum absolute atomic E-state index is 0.150. The first-order valence-corrected chi connectivity index (χ1v) is 10.9. The molecule has 3 rings (SSSR count). The number of fused-ring (bicyclic) bond motifs is 1. The van der Waals surface area contributed by atoms with Gasteiger partial charge in [-0.15, -0.1) is 11.8 Å². The SMILES string of the molecule is COCCn1c(=NC(=O)CCCSc2ccc(C)cc2)sc2cc(F)ccc21. The van der Waals surface area contributed by atoms with Crippen molar-refractivity contribution in [2.75, 3.05) is 19.5 Å². The number of carbonyl (C=O) groups is 1. The Balaban J connectivity index is 1.66. The lowest BCUT2D eigenvalue weighted by molar-refractivity contribution is -0.118. The second kappa shape index (κ2) is 10.0. The number of aromatic nitrogens is 1. The summed E-state index contributed by atoms with van der Waals surface area (Å²) < 4.78 is 21.4. The molecule has 0 saturated carbocycles. The van der Waals surface area contributed by atoms with Crippen LogP contribution in [0.4, 0.5) is 4.39 Å². The quantitative estimate of drug-likeness (QED) is 0.390. The third-order valence-electron chi connectivity index (χ3n) is 4.21. The summed E-state index contributed by atoms with van der Waals surface area (Å²) in [4.78, 5) is 18.4. The van der Waals surface area contributed by atoms with Gasteiger partial charge in [0.1, 0.15) is 5.82 Å². The zero-order chi connectivity index (χ0) is 19.9. The largest absolute Gasteiger partial charge is 0.383 e. The maximum atomic E-state index is 13.5. The van der Waals surface area contributed by atoms with Gasteiger partial charge < -0.3 is 9.30 Å². The van der Waals surface area contributed by atoms with Crippen molar-refractivity contribution in [3.05, 3.63) is 58.6 Å². The first-order chi connectivity index (χ1) is 13.6. The Bertz CT molecular complexity index is 1010. The molecule has 0 bridgehead atoms. The highest BCUT2D eigenvalue weighted by Gasteiger charge is 2.09. The molecule has 0 aliphatic heterocycles. The average Bonchev–Trinajstić information content (AvgIpc) is 3.00. The Kier molecular flexibility index (Phi) is 7.42. The van der Waals surface area contributed by atoms with Crippen molar-refractivity contribution in [2.24, 2.45) is 4.99 Å². The van der Waals surface area contributed by atoms with Gasteiger partial charge in [0, 0.05) is 25.0 Å². The van der Waals surface area contributed by atoms with Crippen molar-refractivity contribution in [1.29, 1.82) is 0 Å². The normalized spacial score (nSPS) is 12.0. The van der Waals surface area contributed by atoms with E-state index in [1.165, 1.54) is 33.9 Å². The van der Waals surface area contributed by atoms with Crippen LogP contribution in [0.15, 0.2) is 52.4 Å². The number of hydrogen-bond donors (Lipinski definition) is 0. The summed E-state index contributed by atoms with van der Waals surface area (Å²) in [6.45, 7) is 3.13. The predicted octanol–water partition coefficient (Wildman–Crippen LogP) is 4.80. The molecule has 0 saturated heterocycles. The zero-order valence-corrected chi connectivity index (χ0v) is 17.6. The van der Waals surface area contributed by atoms with Crippen molar-refractivity contribution >= 4 is 39.2 Å². The molecule has 0 unspecified atom stereocenters. The maximum absolute atomic E-state index is 13.5. The van der Waals surface area contributed by atoms with Gasteiger partial charge >= 0.3 is 0 Å². The standard InChI is InChI=1S/C21H23FN2O2S2/c1-15-5-8-17(9-6-15)27-13-3-4-20(25)23-21-24(11-12-26-2)18-10-7-16(22)14-19(18)28-21/h5-10,14H,3-4,11-13H2,1-2H3. The second-order valence-corrected chi connectivity index (χ2v) is 8.59. The van der Waals surface area contributed by atoms with E-state index in [0.29, 0.717) is 24.4 Å². The van der Waals surface area contributed by atoms with Crippen LogP contribution in [0.5, 0.6) is 0 Å². The molecule has 0 aliphatic rings. The molecule has 148 valence electrons. The molecule has 1 heterocycles. The second-order valence-electron chi connectivity index (χ2n) is 6.41. The fourth-order valence-electron chi connectivity index (χ4n) is 2.74. The number of thiazole rings is 1. The first kappa shape index (κ1) is 20.8. The third kappa shape index (κ3) is 5.53. The van der Waals surface area contributed by atoms with E-state index in [1.807, 2.05) is 4.57 Å². The molecule has 0 fully saturated rings. The number of methoxy groups -OCH3 is 1. The zero-order valence-electron chi connectivity index (χ0n) is 16.0. The molecule has 0 atom stereocenters. The van der Waals surface area contributed by atoms with E-state index >= 15 is 0 Å². The molecule has 0 N–H and O–H groups in total. The van der Waals surface area contributed by atoms with Crippen LogP contribution in [0.25, 0.3) is 10.2 Å². The summed E-state index contributed by atoms with van der Waals surface area (Å²) in [5.74, 6) is 0.423. The van der Waals surface area contributed by atoms with Gasteiger partial charge in [0.05, 0.1) is 16.8 Å². The van der Waals surface area contributed by atoms with Crippen LogP contribution in [0.2, 0.25) is 0 Å². The molecule has 0 spiro atoms. The molecule has 0 radical (unpaired) electrons. The third-order valence-corrected chi connectivity index (χ3v) is 6.35. The van der Waals surface area contributed by atoms with Gasteiger partial charge in [-0.2, -0.15) is 4.99 Å². The van der Waals surface area contributed by atoms with Crippen molar-refractivity contribution in [1.82, 2.24) is 4.57 Å². The number of benzene rings is 2. The fraction of sp³-hybridized carbons (Fsp3) is 0.333. The van der Waals surface area contributed by atoms with Gasteiger partial charge in [-0.05, 0) is 49.4 Å². The molecule has 2 aromatic carbocycles. The van der Waals surface area contributed by atoms with E-state index in [0.717, 1.165) is 22.4 Å². The summed E-state index contributed by atoms with van der Waals surface area (Å²) in [6.07, 6.45) is 1.16. The number of thioether (sulfide) groups is 1. The summed E-state index contributed by atoms with van der Waals surface area (Å²) in [5, 5.41) is 0. The first-order valence-electron chi connectivity index (χ1n) is 9.11. The topological polar surface area (TPSA) is 43.6 Å². The van der Waals surface area contributed by atoms with E-state index < -0.39 is 0 Å². The predicted molar refractivity (Wildman–Crippen MR) is 113 cm³/mol. The van der Waals surface area contributed by atoms with Gasteiger partial charge in [-0.3, -0.25) is 4.79 Å². The van der Waals surface area contributed by atoms with Gasteiger partial charge in [0.25, 0.3) is 0 Å². The smallest absolute Gasteiger partial charge is 0.248 e. The average molecular weight is 419 g/mol. The Hall–Kier alpha value is -1.96. The Morgan fingerprint density at radius 3 is 2.79 bits per heavy atom. The van der Waals surface area contributed by atoms with Crippen molar-refractivity contribution in [3.63, 3.8) is 0 Å². The lowest BCUT2D eigenvalue weighted by atomic mass is 10.2. The van der Waals surface area contributed by atoms with Crippen LogP contribution in [-0.4, -0.2) is 29.9 Å². The number of aryl methyl sites for hydroxylation is 1. The lowest BCUT2D eigenvalue weighted by Crippen LogP contribution is -2.19. The fourth-order valence-corrected chi connectivity index (χ4v) is 4.69. The highest BCUT2D eigenvalue weighted by Crippen LogP contribution is 2.20. The molecule has 1 amide bonds. The number of amides is 1. The number of halogens is 1. The van der Waals surface area contributed by atoms with Crippen molar-refractivity contribution < 1.29 is 13.9 Å². The van der Waals surface area contributed by atoms with Crippen LogP contribution < -0.4 is 4.80 Å². The monoisotopic (exact) mass is 418 g/mol. The van der Waals surface area contributed by atoms with Crippen molar-refractivity contribution in [3.8, 4) is 0 Å². The summed E-state index contributed by atoms with van der Waals surface area (Å²) >= 11 is 3.07. The van der Waals surface area contributed by atoms with Crippen LogP contribution in [0, 0.1) is 12.7 Å². The summed E-state index contributed by atoms with van der Waals surface area (Å²) in [7, 11) is 1.63. The molecular weight excluding hydrogens is 395 g/mol. The minimum atomic E-state index is -0.293. The lowest BCUT2D eigenvalue weighted by Gasteiger charge is -2.04. The Morgan fingerprint density at radius 2 is 2.04 bits per heavy atom. The number of hydrogen-bond acceptors (Lipinski definition) is 4. The number of rotatable bonds is 8. The summed E-state index contributed by atoms with van der Waals surface area (Å²) in [5.41, 5.74) is 2.10. The van der Waals surface area contributed by atoms with E-state index in [2.05, 4.69) is 36.2 Å². The van der Waals surface area contributed by atoms with Crippen LogP contribution >= 0.6 is 23.1 Å². The molecule has 1 aromatic heterocycles. The van der Waals surface area contributed by atoms with Crippen LogP contribution in [-0.2, 0) is 16.1 Å². The highest BCUT2D eigenvalue weighted by atomic mass is 32.2. The van der Waals surface area contributed by atoms with Crippen molar-refractivity contribution in [2.45, 2.75) is 31.2 Å². The molecule has 28 heavy (non-hydrogen) atoms. The Morgan fingerprint density at radius 1 is 1.25 bits per heavy atom. The van der Waals surface area contributed by atoms with E-state index in [1.54, 1.807) is 24.9 Å². The van der Waals surface area contributed by atoms with E-state index in [9.17, 15) is 9.18 Å². The Labute approximate surface area is 172 Å². The van der Waals surface area contributed by atoms with Crippen LogP contribution in [0.3, 0.4) is 0 Å². The maximum Gasteiger partial charge on any atom is 0.248 e. The minimum Gasteiger partial charge on any atom is -0.383 e. The van der Waals surface area contributed by atoms with Gasteiger partial charge in [0.15, 0.2) is 4.80 Å². The van der Waals surface area contributed by atoms with Gasteiger partial charge in [0.2, 0.25) is 5.91 Å². The van der Waals surface area contributed by atoms with Gasteiger partial charge in [-0.25, -0.2) is 4.39 Å². The molecule has 0 aliphatic carbocycles. The van der Waals surface area contributed by atoms with Gasteiger partial charge in [-0.1, -0.05) is 29.0 Å². The molecule has 3 aromatic rings. The number of ether oxygens (including phenoxy) is 1. The number of carbonyl (C=O) groups excluding carboxylic acids is 1. The van der Waals surface area contributed by atoms with Crippen LogP contribution in [0.1, 0.15) is 18.4 Å². The number of nitrogens with zero attached hydrogens (tertiary/aromatic N) is 2. The molecular formula is C21H23FN2O2S2. The van der Waals surface area contributed by atoms with E-state index in [4.69, 9.17) is 4.74 Å². The van der Waals surface area contributed by atoms with E-state index in [-0.39, 0.29) is 11.7 Å². The molecule has 4 nitrogen and oxygen atoms in total. The highest BCUT2D eigenvalue weighted by molar-refractivity contribution is 7.99. The summed E-state index contributed by atoms with van der Waals surface area (Å²) in [6, 6.07) is 13.0.